The van der Waals surface area contributed by atoms with Crippen LogP contribution >= 0.6 is 0 Å². The molecular formula is C16H27N3O. The van der Waals surface area contributed by atoms with Crippen molar-refractivity contribution in [1.29, 1.82) is 0 Å². The Morgan fingerprint density at radius 1 is 1.35 bits per heavy atom. The van der Waals surface area contributed by atoms with Gasteiger partial charge in [-0.3, -0.25) is 4.79 Å². The standard InChI is InChI=1S/C16H27N3O/c1-3-8-15(17)16(20)18-11-7-12-19(2)13-14-9-5-4-6-10-14/h4-6,9-10,15H,3,7-8,11-13,17H2,1-2H3,(H,18,20)/t15-/m0/s1. The van der Waals surface area contributed by atoms with Crippen molar-refractivity contribution in [2.24, 2.45) is 5.73 Å². The van der Waals surface area contributed by atoms with Crippen LogP contribution in [0.4, 0.5) is 0 Å². The lowest BCUT2D eigenvalue weighted by atomic mass is 10.1. The molecule has 0 fully saturated rings. The third-order valence-electron chi connectivity index (χ3n) is 3.25. The third-order valence-corrected chi connectivity index (χ3v) is 3.25. The molecule has 4 heteroatoms. The number of benzene rings is 1. The van der Waals surface area contributed by atoms with Crippen molar-refractivity contribution in [3.8, 4) is 0 Å². The summed E-state index contributed by atoms with van der Waals surface area (Å²) >= 11 is 0. The molecule has 1 aromatic carbocycles. The molecule has 112 valence electrons. The molecular weight excluding hydrogens is 250 g/mol. The van der Waals surface area contributed by atoms with Crippen LogP contribution in [0.25, 0.3) is 0 Å². The van der Waals surface area contributed by atoms with Gasteiger partial charge in [-0.25, -0.2) is 0 Å². The van der Waals surface area contributed by atoms with Gasteiger partial charge in [0.05, 0.1) is 6.04 Å². The number of amides is 1. The molecule has 1 atom stereocenters. The second-order valence-electron chi connectivity index (χ2n) is 5.26. The predicted octanol–water partition coefficient (Wildman–Crippen LogP) is 1.75. The number of hydrogen-bond acceptors (Lipinski definition) is 3. The Hall–Kier alpha value is -1.39. The summed E-state index contributed by atoms with van der Waals surface area (Å²) in [5.74, 6) is -0.0300. The van der Waals surface area contributed by atoms with Crippen LogP contribution < -0.4 is 11.1 Å². The van der Waals surface area contributed by atoms with Gasteiger partial charge in [0, 0.05) is 13.1 Å². The van der Waals surface area contributed by atoms with Crippen LogP contribution in [-0.4, -0.2) is 37.0 Å². The minimum Gasteiger partial charge on any atom is -0.355 e. The maximum Gasteiger partial charge on any atom is 0.236 e. The molecule has 3 N–H and O–H groups in total. The quantitative estimate of drug-likeness (QED) is 0.676. The second-order valence-corrected chi connectivity index (χ2v) is 5.26. The highest BCUT2D eigenvalue weighted by molar-refractivity contribution is 5.81. The molecule has 0 saturated carbocycles. The molecule has 0 aliphatic carbocycles. The average Bonchev–Trinajstić information content (AvgIpc) is 2.44. The zero-order chi connectivity index (χ0) is 14.8. The van der Waals surface area contributed by atoms with Crippen LogP contribution in [0.2, 0.25) is 0 Å². The van der Waals surface area contributed by atoms with E-state index in [0.29, 0.717) is 6.54 Å². The van der Waals surface area contributed by atoms with E-state index in [0.717, 1.165) is 32.4 Å². The summed E-state index contributed by atoms with van der Waals surface area (Å²) in [5, 5.41) is 2.90. The summed E-state index contributed by atoms with van der Waals surface area (Å²) in [5.41, 5.74) is 7.06. The predicted molar refractivity (Wildman–Crippen MR) is 83.3 cm³/mol. The first kappa shape index (κ1) is 16.7. The first-order chi connectivity index (χ1) is 9.63. The zero-order valence-corrected chi connectivity index (χ0v) is 12.6. The molecule has 0 aromatic heterocycles. The Balaban J connectivity index is 2.13. The maximum atomic E-state index is 11.6. The molecule has 0 spiro atoms. The van der Waals surface area contributed by atoms with E-state index in [1.165, 1.54) is 5.56 Å². The average molecular weight is 277 g/mol. The summed E-state index contributed by atoms with van der Waals surface area (Å²) < 4.78 is 0. The van der Waals surface area contributed by atoms with Crippen molar-refractivity contribution in [3.05, 3.63) is 35.9 Å². The molecule has 0 heterocycles. The molecule has 0 aliphatic heterocycles. The fraction of sp³-hybridized carbons (Fsp3) is 0.562. The molecule has 4 nitrogen and oxygen atoms in total. The van der Waals surface area contributed by atoms with E-state index in [-0.39, 0.29) is 11.9 Å². The largest absolute Gasteiger partial charge is 0.355 e. The van der Waals surface area contributed by atoms with Gasteiger partial charge >= 0.3 is 0 Å². The number of nitrogens with one attached hydrogen (secondary N) is 1. The Morgan fingerprint density at radius 2 is 2.05 bits per heavy atom. The summed E-state index contributed by atoms with van der Waals surface area (Å²) in [6.07, 6.45) is 2.63. The van der Waals surface area contributed by atoms with E-state index < -0.39 is 0 Å². The van der Waals surface area contributed by atoms with Gasteiger partial charge in [-0.05, 0) is 32.0 Å². The van der Waals surface area contributed by atoms with Gasteiger partial charge in [-0.15, -0.1) is 0 Å². The first-order valence-corrected chi connectivity index (χ1v) is 7.39. The van der Waals surface area contributed by atoms with Crippen molar-refractivity contribution in [2.45, 2.75) is 38.8 Å². The van der Waals surface area contributed by atoms with Gasteiger partial charge in [0.1, 0.15) is 0 Å². The topological polar surface area (TPSA) is 58.4 Å². The first-order valence-electron chi connectivity index (χ1n) is 7.39. The Labute approximate surface area is 122 Å². The van der Waals surface area contributed by atoms with E-state index in [9.17, 15) is 4.79 Å². The molecule has 0 unspecified atom stereocenters. The smallest absolute Gasteiger partial charge is 0.236 e. The van der Waals surface area contributed by atoms with E-state index in [1.54, 1.807) is 0 Å². The summed E-state index contributed by atoms with van der Waals surface area (Å²) in [6, 6.07) is 10.0. The monoisotopic (exact) mass is 277 g/mol. The lowest BCUT2D eigenvalue weighted by Gasteiger charge is -2.17. The van der Waals surface area contributed by atoms with Crippen LogP contribution in [0.1, 0.15) is 31.7 Å². The van der Waals surface area contributed by atoms with Gasteiger partial charge in [0.15, 0.2) is 0 Å². The maximum absolute atomic E-state index is 11.6. The molecule has 0 bridgehead atoms. The van der Waals surface area contributed by atoms with Crippen molar-refractivity contribution >= 4 is 5.91 Å². The number of rotatable bonds is 9. The van der Waals surface area contributed by atoms with Crippen molar-refractivity contribution in [3.63, 3.8) is 0 Å². The highest BCUT2D eigenvalue weighted by atomic mass is 16.2. The summed E-state index contributed by atoms with van der Waals surface area (Å²) in [7, 11) is 2.09. The van der Waals surface area contributed by atoms with Gasteiger partial charge < -0.3 is 16.0 Å². The molecule has 1 aromatic rings. The van der Waals surface area contributed by atoms with E-state index >= 15 is 0 Å². The Morgan fingerprint density at radius 3 is 2.70 bits per heavy atom. The second kappa shape index (κ2) is 9.50. The van der Waals surface area contributed by atoms with Gasteiger partial charge in [0.2, 0.25) is 5.91 Å². The molecule has 0 radical (unpaired) electrons. The van der Waals surface area contributed by atoms with Crippen molar-refractivity contribution < 1.29 is 4.79 Å². The number of nitrogens with zero attached hydrogens (tertiary/aromatic N) is 1. The fourth-order valence-corrected chi connectivity index (χ4v) is 2.11. The highest BCUT2D eigenvalue weighted by Crippen LogP contribution is 2.02. The number of carbonyl (C=O) groups is 1. The van der Waals surface area contributed by atoms with E-state index in [2.05, 4.69) is 41.5 Å². The molecule has 20 heavy (non-hydrogen) atoms. The number of nitrogens with two attached hydrogens (primary N) is 1. The van der Waals surface area contributed by atoms with Crippen LogP contribution in [0.5, 0.6) is 0 Å². The molecule has 0 saturated heterocycles. The molecule has 1 rings (SSSR count). The minimum atomic E-state index is -0.359. The number of hydrogen-bond donors (Lipinski definition) is 2. The van der Waals surface area contributed by atoms with Gasteiger partial charge in [-0.2, -0.15) is 0 Å². The third kappa shape index (κ3) is 6.68. The van der Waals surface area contributed by atoms with Crippen LogP contribution in [0, 0.1) is 0 Å². The Kier molecular flexibility index (Phi) is 7.92. The van der Waals surface area contributed by atoms with Crippen LogP contribution in [0.15, 0.2) is 30.3 Å². The van der Waals surface area contributed by atoms with Crippen LogP contribution in [-0.2, 0) is 11.3 Å². The van der Waals surface area contributed by atoms with E-state index in [1.807, 2.05) is 13.0 Å². The van der Waals surface area contributed by atoms with Crippen molar-refractivity contribution in [2.75, 3.05) is 20.1 Å². The lowest BCUT2D eigenvalue weighted by Crippen LogP contribution is -2.41. The van der Waals surface area contributed by atoms with Crippen LogP contribution in [0.3, 0.4) is 0 Å². The minimum absolute atomic E-state index is 0.0300. The SMILES string of the molecule is CCC[C@H](N)C(=O)NCCCN(C)Cc1ccccc1. The molecule has 0 aliphatic rings. The summed E-state index contributed by atoms with van der Waals surface area (Å²) in [4.78, 5) is 13.9. The zero-order valence-electron chi connectivity index (χ0n) is 12.6. The molecule has 1 amide bonds. The Bertz CT molecular complexity index is 381. The van der Waals surface area contributed by atoms with Gasteiger partial charge in [0.25, 0.3) is 0 Å². The highest BCUT2D eigenvalue weighted by Gasteiger charge is 2.10. The van der Waals surface area contributed by atoms with E-state index in [4.69, 9.17) is 5.73 Å². The van der Waals surface area contributed by atoms with Crippen molar-refractivity contribution in [1.82, 2.24) is 10.2 Å². The summed E-state index contributed by atoms with van der Waals surface area (Å²) in [6.45, 7) is 4.61. The lowest BCUT2D eigenvalue weighted by molar-refractivity contribution is -0.122. The number of carbonyl (C=O) groups excluding carboxylic acids is 1. The normalized spacial score (nSPS) is 12.4. The van der Waals surface area contributed by atoms with Gasteiger partial charge in [-0.1, -0.05) is 43.7 Å². The fourth-order valence-electron chi connectivity index (χ4n) is 2.11.